The van der Waals surface area contributed by atoms with Crippen molar-refractivity contribution >= 4 is 0 Å². The summed E-state index contributed by atoms with van der Waals surface area (Å²) in [5.41, 5.74) is 3.05. The molecule has 6 atom stereocenters. The summed E-state index contributed by atoms with van der Waals surface area (Å²) in [5.74, 6) is 2.21. The van der Waals surface area contributed by atoms with E-state index in [0.717, 1.165) is 55.9 Å². The molecular weight excluding hydrogens is 287 g/mol. The van der Waals surface area contributed by atoms with E-state index in [2.05, 4.69) is 19.9 Å². The molecule has 4 aliphatic rings. The predicted octanol–water partition coefficient (Wildman–Crippen LogP) is 5.55. The fraction of sp³-hybridized carbons (Fsp3) is 0.810. The Morgan fingerprint density at radius 1 is 1.13 bits per heavy atom. The number of fused-ring (bicyclic) bond motifs is 5. The van der Waals surface area contributed by atoms with Crippen LogP contribution < -0.4 is 0 Å². The second-order valence-electron chi connectivity index (χ2n) is 9.16. The molecule has 4 rings (SSSR count). The van der Waals surface area contributed by atoms with Gasteiger partial charge in [-0.15, -0.1) is 0 Å². The van der Waals surface area contributed by atoms with Crippen molar-refractivity contribution in [3.63, 3.8) is 0 Å². The van der Waals surface area contributed by atoms with Crippen molar-refractivity contribution < 1.29 is 9.50 Å². The lowest BCUT2D eigenvalue weighted by atomic mass is 9.48. The minimum Gasteiger partial charge on any atom is -0.393 e. The lowest BCUT2D eigenvalue weighted by molar-refractivity contribution is -0.0272. The van der Waals surface area contributed by atoms with Gasteiger partial charge in [0.25, 0.3) is 0 Å². The van der Waals surface area contributed by atoms with Crippen LogP contribution in [0.3, 0.4) is 0 Å². The number of allylic oxidation sites excluding steroid dienone is 3. The van der Waals surface area contributed by atoms with Gasteiger partial charge in [0.15, 0.2) is 0 Å². The molecule has 0 saturated heterocycles. The summed E-state index contributed by atoms with van der Waals surface area (Å²) in [7, 11) is 0. The molecule has 0 bridgehead atoms. The first kappa shape index (κ1) is 15.9. The largest absolute Gasteiger partial charge is 0.393 e. The van der Waals surface area contributed by atoms with Gasteiger partial charge in [0.05, 0.1) is 11.9 Å². The van der Waals surface area contributed by atoms with E-state index in [1.807, 2.05) is 0 Å². The number of aliphatic hydroxyl groups excluding tert-OH is 1. The number of aliphatic hydroxyl groups is 1. The molecule has 3 saturated carbocycles. The summed E-state index contributed by atoms with van der Waals surface area (Å²) < 4.78 is 14.1. The Labute approximate surface area is 140 Å². The van der Waals surface area contributed by atoms with Gasteiger partial charge >= 0.3 is 0 Å². The molecule has 23 heavy (non-hydrogen) atoms. The van der Waals surface area contributed by atoms with Crippen LogP contribution in [0.2, 0.25) is 0 Å². The van der Waals surface area contributed by atoms with Crippen LogP contribution in [0.15, 0.2) is 23.0 Å². The molecule has 1 N–H and O–H groups in total. The molecule has 0 aromatic heterocycles. The van der Waals surface area contributed by atoms with Gasteiger partial charge in [0.2, 0.25) is 0 Å². The summed E-state index contributed by atoms with van der Waals surface area (Å²) in [6.07, 6.45) is 11.0. The maximum atomic E-state index is 14.1. The van der Waals surface area contributed by atoms with Crippen LogP contribution >= 0.6 is 0 Å². The Balaban J connectivity index is 1.69. The monoisotopic (exact) mass is 318 g/mol. The molecule has 0 heterocycles. The van der Waals surface area contributed by atoms with E-state index in [-0.39, 0.29) is 17.3 Å². The summed E-state index contributed by atoms with van der Waals surface area (Å²) in [5, 5.41) is 10.1. The lowest BCUT2D eigenvalue weighted by Crippen LogP contribution is -2.49. The van der Waals surface area contributed by atoms with Gasteiger partial charge in [-0.2, -0.15) is 0 Å². The molecule has 0 unspecified atom stereocenters. The van der Waals surface area contributed by atoms with Crippen molar-refractivity contribution in [2.45, 2.75) is 78.2 Å². The first-order valence-electron chi connectivity index (χ1n) is 9.59. The third-order valence-electron chi connectivity index (χ3n) is 8.28. The average molecular weight is 318 g/mol. The number of hydrogen-bond acceptors (Lipinski definition) is 1. The van der Waals surface area contributed by atoms with Crippen molar-refractivity contribution in [1.29, 1.82) is 0 Å². The summed E-state index contributed by atoms with van der Waals surface area (Å²) in [6.45, 7) is 6.46. The second-order valence-corrected chi connectivity index (χ2v) is 9.16. The Morgan fingerprint density at radius 3 is 2.57 bits per heavy atom. The first-order valence-corrected chi connectivity index (χ1v) is 9.59. The quantitative estimate of drug-likeness (QED) is 0.580. The van der Waals surface area contributed by atoms with Crippen LogP contribution in [-0.4, -0.2) is 11.2 Å². The molecule has 0 aromatic carbocycles. The number of halogens is 1. The zero-order chi connectivity index (χ0) is 16.4. The van der Waals surface area contributed by atoms with Gasteiger partial charge in [0.1, 0.15) is 0 Å². The first-order chi connectivity index (χ1) is 10.9. The zero-order valence-electron chi connectivity index (χ0n) is 14.9. The van der Waals surface area contributed by atoms with E-state index in [0.29, 0.717) is 11.3 Å². The van der Waals surface area contributed by atoms with Gasteiger partial charge in [-0.25, -0.2) is 4.39 Å². The van der Waals surface area contributed by atoms with E-state index in [4.69, 9.17) is 0 Å². The van der Waals surface area contributed by atoms with Crippen molar-refractivity contribution in [3.05, 3.63) is 23.0 Å². The van der Waals surface area contributed by atoms with Crippen molar-refractivity contribution in [2.75, 3.05) is 0 Å². The highest BCUT2D eigenvalue weighted by Gasteiger charge is 2.57. The molecule has 3 fully saturated rings. The number of hydrogen-bond donors (Lipinski definition) is 1. The Bertz CT molecular complexity index is 572. The highest BCUT2D eigenvalue weighted by Crippen LogP contribution is 2.66. The third kappa shape index (κ3) is 2.13. The summed E-state index contributed by atoms with van der Waals surface area (Å²) in [6, 6.07) is 0. The summed E-state index contributed by atoms with van der Waals surface area (Å²) in [4.78, 5) is 0. The van der Waals surface area contributed by atoms with Gasteiger partial charge in [-0.05, 0) is 92.4 Å². The Hall–Kier alpha value is -0.630. The number of rotatable bonds is 0. The molecule has 128 valence electrons. The maximum Gasteiger partial charge on any atom is 0.0966 e. The minimum absolute atomic E-state index is 0.0903. The minimum atomic E-state index is -0.130. The van der Waals surface area contributed by atoms with Crippen LogP contribution in [-0.2, 0) is 0 Å². The van der Waals surface area contributed by atoms with Gasteiger partial charge in [0, 0.05) is 0 Å². The highest BCUT2D eigenvalue weighted by molar-refractivity contribution is 5.30. The molecule has 0 aliphatic heterocycles. The molecule has 4 aliphatic carbocycles. The summed E-state index contributed by atoms with van der Waals surface area (Å²) >= 11 is 0. The van der Waals surface area contributed by atoms with Crippen molar-refractivity contribution in [2.24, 2.45) is 28.6 Å². The molecule has 0 radical (unpaired) electrons. The molecule has 0 spiro atoms. The fourth-order valence-electron chi connectivity index (χ4n) is 7.02. The maximum absolute atomic E-state index is 14.1. The van der Waals surface area contributed by atoms with E-state index in [1.54, 1.807) is 6.92 Å². The van der Waals surface area contributed by atoms with Crippen LogP contribution in [0.4, 0.5) is 4.39 Å². The second kappa shape index (κ2) is 5.18. The SMILES string of the molecule is CC(F)=C1CC[C@H]2[C@@H]3CC=C4C[C@@H](O)CC[C@]4(C)[C@H]3CC[C@]12C. The van der Waals surface area contributed by atoms with Crippen LogP contribution in [0.25, 0.3) is 0 Å². The van der Waals surface area contributed by atoms with E-state index in [1.165, 1.54) is 18.4 Å². The van der Waals surface area contributed by atoms with Gasteiger partial charge < -0.3 is 5.11 Å². The van der Waals surface area contributed by atoms with Gasteiger partial charge in [-0.3, -0.25) is 0 Å². The highest BCUT2D eigenvalue weighted by atomic mass is 19.1. The van der Waals surface area contributed by atoms with Crippen molar-refractivity contribution in [3.8, 4) is 0 Å². The predicted molar refractivity (Wildman–Crippen MR) is 91.5 cm³/mol. The molecule has 2 heteroatoms. The van der Waals surface area contributed by atoms with Crippen LogP contribution in [0.5, 0.6) is 0 Å². The van der Waals surface area contributed by atoms with E-state index in [9.17, 15) is 9.50 Å². The van der Waals surface area contributed by atoms with Gasteiger partial charge in [-0.1, -0.05) is 25.5 Å². The van der Waals surface area contributed by atoms with E-state index < -0.39 is 0 Å². The lowest BCUT2D eigenvalue weighted by Gasteiger charge is -2.57. The standard InChI is InChI=1S/C21H31FO/c1-13(22)17-6-7-18-16-5-4-14-12-15(23)8-10-20(14,2)19(16)9-11-21(17,18)3/h4,15-16,18-19,23H,5-12H2,1-3H3/t15-,16-,18-,19-,20-,21+/m0/s1. The van der Waals surface area contributed by atoms with Crippen LogP contribution in [0.1, 0.15) is 72.1 Å². The molecule has 0 amide bonds. The van der Waals surface area contributed by atoms with Crippen molar-refractivity contribution in [1.82, 2.24) is 0 Å². The molecular formula is C21H31FO. The Kier molecular flexibility index (Phi) is 3.58. The smallest absolute Gasteiger partial charge is 0.0966 e. The fourth-order valence-corrected chi connectivity index (χ4v) is 7.02. The normalized spacial score (nSPS) is 51.4. The zero-order valence-corrected chi connectivity index (χ0v) is 14.9. The molecule has 0 aromatic rings. The Morgan fingerprint density at radius 2 is 1.83 bits per heavy atom. The molecule has 1 nitrogen and oxygen atoms in total. The topological polar surface area (TPSA) is 20.2 Å². The van der Waals surface area contributed by atoms with E-state index >= 15 is 0 Å². The van der Waals surface area contributed by atoms with Crippen LogP contribution in [0, 0.1) is 28.6 Å². The average Bonchev–Trinajstić information content (AvgIpc) is 2.85. The third-order valence-corrected chi connectivity index (χ3v) is 8.28.